The van der Waals surface area contributed by atoms with Crippen LogP contribution in [0.5, 0.6) is 0 Å². The van der Waals surface area contributed by atoms with Crippen LogP contribution in [0, 0.1) is 18.8 Å². The summed E-state index contributed by atoms with van der Waals surface area (Å²) in [5.74, 6) is 0.0952. The molecule has 5 heterocycles. The van der Waals surface area contributed by atoms with Crippen molar-refractivity contribution in [2.75, 3.05) is 36.0 Å². The van der Waals surface area contributed by atoms with Gasteiger partial charge in [0.1, 0.15) is 27.8 Å². The maximum atomic E-state index is 12.9. The molecule has 2 fully saturated rings. The molecule has 2 aliphatic heterocycles. The van der Waals surface area contributed by atoms with Crippen LogP contribution in [0.15, 0.2) is 12.4 Å². The lowest BCUT2D eigenvalue weighted by atomic mass is 9.83. The van der Waals surface area contributed by atoms with E-state index in [-0.39, 0.29) is 27.5 Å². The average molecular weight is 578 g/mol. The first kappa shape index (κ1) is 26.9. The second-order valence-corrected chi connectivity index (χ2v) is 11.9. The number of piperidine rings is 2. The van der Waals surface area contributed by atoms with E-state index in [1.54, 1.807) is 19.3 Å². The Labute approximate surface area is 235 Å². The summed E-state index contributed by atoms with van der Waals surface area (Å²) in [4.78, 5) is 46.2. The van der Waals surface area contributed by atoms with Crippen LogP contribution < -0.4 is 9.80 Å². The molecule has 5 rings (SSSR count). The number of nitrogens with zero attached hydrogens (tertiary/aromatic N) is 5. The number of carbonyl (C=O) groups is 2. The van der Waals surface area contributed by atoms with Crippen LogP contribution in [-0.4, -0.2) is 63.0 Å². The fraction of sp³-hybridized carbons (Fsp3) is 0.500. The topological polar surface area (TPSA) is 115 Å². The molecule has 2 N–H and O–H groups in total. The van der Waals surface area contributed by atoms with Crippen molar-refractivity contribution < 1.29 is 14.7 Å². The van der Waals surface area contributed by atoms with Crippen molar-refractivity contribution in [1.29, 1.82) is 0 Å². The number of hydrogen-bond donors (Lipinski definition) is 2. The molecule has 9 nitrogen and oxygen atoms in total. The molecule has 2 saturated heterocycles. The third-order valence-corrected chi connectivity index (χ3v) is 9.56. The number of anilines is 2. The Morgan fingerprint density at radius 3 is 2.47 bits per heavy atom. The van der Waals surface area contributed by atoms with Gasteiger partial charge in [0.25, 0.3) is 0 Å². The first-order chi connectivity index (χ1) is 18.2. The highest BCUT2D eigenvalue weighted by atomic mass is 35.5. The maximum Gasteiger partial charge on any atom is 0.348 e. The predicted octanol–water partition coefficient (Wildman–Crippen LogP) is 5.97. The van der Waals surface area contributed by atoms with Crippen molar-refractivity contribution in [3.8, 4) is 11.4 Å². The van der Waals surface area contributed by atoms with Gasteiger partial charge in [-0.1, -0.05) is 41.5 Å². The molecule has 38 heavy (non-hydrogen) atoms. The minimum absolute atomic E-state index is 0.0495. The summed E-state index contributed by atoms with van der Waals surface area (Å²) in [6.45, 7) is 7.15. The molecule has 0 saturated carbocycles. The van der Waals surface area contributed by atoms with Crippen LogP contribution in [-0.2, 0) is 0 Å². The highest BCUT2D eigenvalue weighted by molar-refractivity contribution is 7.17. The van der Waals surface area contributed by atoms with Crippen molar-refractivity contribution in [2.24, 2.45) is 11.8 Å². The Morgan fingerprint density at radius 1 is 1.11 bits per heavy atom. The Bertz CT molecular complexity index is 1340. The molecule has 3 aromatic heterocycles. The molecule has 0 spiro atoms. The molecule has 0 aromatic carbocycles. The molecule has 0 aliphatic carbocycles. The number of aromatic amines is 1. The zero-order valence-corrected chi connectivity index (χ0v) is 23.7. The summed E-state index contributed by atoms with van der Waals surface area (Å²) in [7, 11) is 0. The Hall–Kier alpha value is -2.69. The van der Waals surface area contributed by atoms with E-state index in [0.29, 0.717) is 52.4 Å². The molecule has 2 atom stereocenters. The molecule has 0 bridgehead atoms. The first-order valence-electron chi connectivity index (χ1n) is 12.9. The van der Waals surface area contributed by atoms with Crippen LogP contribution in [0.25, 0.3) is 11.4 Å². The van der Waals surface area contributed by atoms with E-state index in [0.717, 1.165) is 49.5 Å². The summed E-state index contributed by atoms with van der Waals surface area (Å²) in [5, 5.41) is 11.2. The quantitative estimate of drug-likeness (QED) is 0.330. The lowest BCUT2D eigenvalue weighted by Gasteiger charge is -2.36. The highest BCUT2D eigenvalue weighted by Crippen LogP contribution is 2.37. The summed E-state index contributed by atoms with van der Waals surface area (Å²) in [6.07, 6.45) is 7.98. The Morgan fingerprint density at radius 2 is 1.87 bits per heavy atom. The number of rotatable bonds is 7. The molecular weight excluding hydrogens is 547 g/mol. The average Bonchev–Trinajstić information content (AvgIpc) is 3.48. The number of aromatic carboxylic acids is 1. The maximum absolute atomic E-state index is 12.9. The van der Waals surface area contributed by atoms with Gasteiger partial charge in [-0.25, -0.2) is 19.7 Å². The standard InChI is InChI=1S/C26H30Cl2N6O3S/c1-14-13-34(9-6-16(14)10-18(35)23-21(28)20(27)15(2)31-23)26-32-22(24(38-26)25(36)37)17-11-30-19(12-29-17)33-7-4-3-5-8-33/h11-12,14,16,31H,3-10,13H2,1-2H3,(H,36,37)/t14-,16-/m0/s1. The summed E-state index contributed by atoms with van der Waals surface area (Å²) < 4.78 is 0. The molecule has 0 unspecified atom stereocenters. The molecule has 0 radical (unpaired) electrons. The molecule has 3 aromatic rings. The number of carboxylic acid groups (broad SMARTS) is 1. The number of ketones is 1. The van der Waals surface area contributed by atoms with Gasteiger partial charge >= 0.3 is 5.97 Å². The Balaban J connectivity index is 1.29. The van der Waals surface area contributed by atoms with Crippen molar-refractivity contribution in [3.05, 3.63) is 38.7 Å². The number of Topliss-reactive ketones (excluding diaryl/α,β-unsaturated/α-hetero) is 1. The van der Waals surface area contributed by atoms with Crippen molar-refractivity contribution in [3.63, 3.8) is 0 Å². The van der Waals surface area contributed by atoms with E-state index in [1.165, 1.54) is 6.42 Å². The van der Waals surface area contributed by atoms with E-state index in [1.807, 2.05) is 0 Å². The van der Waals surface area contributed by atoms with E-state index in [4.69, 9.17) is 28.2 Å². The van der Waals surface area contributed by atoms with E-state index < -0.39 is 5.97 Å². The van der Waals surface area contributed by atoms with E-state index in [2.05, 4.69) is 31.7 Å². The van der Waals surface area contributed by atoms with Gasteiger partial charge in [-0.3, -0.25) is 4.79 Å². The van der Waals surface area contributed by atoms with Gasteiger partial charge in [0, 0.05) is 38.3 Å². The summed E-state index contributed by atoms with van der Waals surface area (Å²) in [6, 6.07) is 0. The smallest absolute Gasteiger partial charge is 0.348 e. The zero-order valence-electron chi connectivity index (χ0n) is 21.3. The third kappa shape index (κ3) is 5.39. The van der Waals surface area contributed by atoms with E-state index >= 15 is 0 Å². The van der Waals surface area contributed by atoms with Gasteiger partial charge in [-0.05, 0) is 44.4 Å². The van der Waals surface area contributed by atoms with E-state index in [9.17, 15) is 14.7 Å². The fourth-order valence-corrected chi connectivity index (χ4v) is 6.65. The van der Waals surface area contributed by atoms with Gasteiger partial charge in [0.2, 0.25) is 0 Å². The minimum Gasteiger partial charge on any atom is -0.477 e. The van der Waals surface area contributed by atoms with Crippen molar-refractivity contribution >= 4 is 57.2 Å². The van der Waals surface area contributed by atoms with Crippen LogP contribution in [0.4, 0.5) is 10.9 Å². The van der Waals surface area contributed by atoms with Crippen LogP contribution in [0.1, 0.15) is 64.9 Å². The number of carboxylic acids is 1. The van der Waals surface area contributed by atoms with Gasteiger partial charge < -0.3 is 19.9 Å². The number of thiazole rings is 1. The van der Waals surface area contributed by atoms with Gasteiger partial charge in [0.05, 0.1) is 22.4 Å². The zero-order chi connectivity index (χ0) is 27.0. The van der Waals surface area contributed by atoms with Gasteiger partial charge in [-0.2, -0.15) is 0 Å². The lowest BCUT2D eigenvalue weighted by molar-refractivity contribution is 0.0702. The number of nitrogens with one attached hydrogen (secondary N) is 1. The van der Waals surface area contributed by atoms with Crippen molar-refractivity contribution in [2.45, 2.75) is 46.0 Å². The second kappa shape index (κ2) is 11.2. The highest BCUT2D eigenvalue weighted by Gasteiger charge is 2.32. The molecule has 202 valence electrons. The van der Waals surface area contributed by atoms with Crippen LogP contribution >= 0.6 is 34.5 Å². The number of halogens is 2. The van der Waals surface area contributed by atoms with Crippen molar-refractivity contribution in [1.82, 2.24) is 19.9 Å². The second-order valence-electron chi connectivity index (χ2n) is 10.1. The molecule has 12 heteroatoms. The first-order valence-corrected chi connectivity index (χ1v) is 14.4. The van der Waals surface area contributed by atoms with Gasteiger partial charge in [0.15, 0.2) is 10.9 Å². The monoisotopic (exact) mass is 576 g/mol. The lowest BCUT2D eigenvalue weighted by Crippen LogP contribution is -2.40. The molecule has 0 amide bonds. The van der Waals surface area contributed by atoms with Crippen LogP contribution in [0.3, 0.4) is 0 Å². The normalized spacial score (nSPS) is 20.1. The number of carbonyl (C=O) groups excluding carboxylic acids is 1. The molecule has 2 aliphatic rings. The van der Waals surface area contributed by atoms with Crippen LogP contribution in [0.2, 0.25) is 10.0 Å². The SMILES string of the molecule is Cc1[nH]c(C(=O)C[C@@H]2CCN(c3nc(-c4cnc(N5CCCCC5)cn4)c(C(=O)O)s3)C[C@@H]2C)c(Cl)c1Cl. The fourth-order valence-electron chi connectivity index (χ4n) is 5.27. The third-order valence-electron chi connectivity index (χ3n) is 7.50. The number of hydrogen-bond acceptors (Lipinski definition) is 8. The number of H-pyrrole nitrogens is 1. The largest absolute Gasteiger partial charge is 0.477 e. The number of aromatic nitrogens is 4. The summed E-state index contributed by atoms with van der Waals surface area (Å²) in [5.41, 5.74) is 1.85. The van der Waals surface area contributed by atoms with Gasteiger partial charge in [-0.15, -0.1) is 0 Å². The summed E-state index contributed by atoms with van der Waals surface area (Å²) >= 11 is 13.5. The minimum atomic E-state index is -1.03. The number of aryl methyl sites for hydroxylation is 1. The predicted molar refractivity (Wildman–Crippen MR) is 150 cm³/mol. The molecular formula is C26H30Cl2N6O3S. The Kier molecular flexibility index (Phi) is 7.93.